The van der Waals surface area contributed by atoms with Gasteiger partial charge in [-0.25, -0.2) is 9.97 Å². The molecule has 0 unspecified atom stereocenters. The molecular weight excluding hydrogens is 324 g/mol. The molecule has 5 nitrogen and oxygen atoms in total. The molecule has 26 heavy (non-hydrogen) atoms. The Morgan fingerprint density at radius 2 is 1.81 bits per heavy atom. The third-order valence-corrected chi connectivity index (χ3v) is 5.44. The molecule has 0 bridgehead atoms. The summed E-state index contributed by atoms with van der Waals surface area (Å²) in [6, 6.07) is 18.6. The lowest BCUT2D eigenvalue weighted by atomic mass is 9.93. The summed E-state index contributed by atoms with van der Waals surface area (Å²) in [5.74, 6) is 2.28. The predicted octanol–water partition coefficient (Wildman–Crippen LogP) is 3.01. The van der Waals surface area contributed by atoms with Crippen LogP contribution in [-0.4, -0.2) is 35.0 Å². The van der Waals surface area contributed by atoms with E-state index in [9.17, 15) is 4.79 Å². The van der Waals surface area contributed by atoms with E-state index in [0.717, 1.165) is 47.6 Å². The van der Waals surface area contributed by atoms with Gasteiger partial charge in [0.15, 0.2) is 5.82 Å². The predicted molar refractivity (Wildman–Crippen MR) is 102 cm³/mol. The number of anilines is 1. The summed E-state index contributed by atoms with van der Waals surface area (Å²) in [7, 11) is 0. The molecule has 5 rings (SSSR count). The fraction of sp³-hybridized carbons (Fsp3) is 0.286. The Hall–Kier alpha value is -2.95. The Bertz CT molecular complexity index is 972. The standard InChI is InChI=1S/C21H20N4O/c26-19-12-15-13-25(11-10-17(15)22-19)21-16-8-4-5-9-18(16)23-20(24-21)14-6-2-1-3-7-14/h1-9,15,17H,10-13H2,(H,22,26)/t15-,17+/m1/s1. The Balaban J connectivity index is 1.59. The highest BCUT2D eigenvalue weighted by atomic mass is 16.2. The Kier molecular flexibility index (Phi) is 3.59. The first-order valence-electron chi connectivity index (χ1n) is 9.14. The van der Waals surface area contributed by atoms with Crippen LogP contribution in [0.25, 0.3) is 22.3 Å². The molecule has 3 aromatic rings. The summed E-state index contributed by atoms with van der Waals surface area (Å²) >= 11 is 0. The molecule has 2 atom stereocenters. The van der Waals surface area contributed by atoms with E-state index in [1.54, 1.807) is 0 Å². The van der Waals surface area contributed by atoms with Gasteiger partial charge in [0.2, 0.25) is 5.91 Å². The summed E-state index contributed by atoms with van der Waals surface area (Å²) in [4.78, 5) is 23.8. The minimum Gasteiger partial charge on any atom is -0.356 e. The first kappa shape index (κ1) is 15.3. The number of amides is 1. The van der Waals surface area contributed by atoms with E-state index in [0.29, 0.717) is 18.4 Å². The van der Waals surface area contributed by atoms with Gasteiger partial charge in [0, 0.05) is 42.4 Å². The van der Waals surface area contributed by atoms with Gasteiger partial charge in [-0.1, -0.05) is 42.5 Å². The molecule has 5 heteroatoms. The Morgan fingerprint density at radius 3 is 2.69 bits per heavy atom. The monoisotopic (exact) mass is 344 g/mol. The average Bonchev–Trinajstić information content (AvgIpc) is 3.07. The van der Waals surface area contributed by atoms with Crippen molar-refractivity contribution in [2.75, 3.05) is 18.0 Å². The van der Waals surface area contributed by atoms with Gasteiger partial charge < -0.3 is 10.2 Å². The molecule has 1 amide bonds. The van der Waals surface area contributed by atoms with Gasteiger partial charge in [0.05, 0.1) is 5.52 Å². The Morgan fingerprint density at radius 1 is 1.00 bits per heavy atom. The van der Waals surface area contributed by atoms with Crippen molar-refractivity contribution in [2.45, 2.75) is 18.9 Å². The molecular formula is C21H20N4O. The van der Waals surface area contributed by atoms with Gasteiger partial charge in [0.1, 0.15) is 5.82 Å². The quantitative estimate of drug-likeness (QED) is 0.776. The third-order valence-electron chi connectivity index (χ3n) is 5.44. The number of fused-ring (bicyclic) bond motifs is 2. The van der Waals surface area contributed by atoms with Crippen molar-refractivity contribution in [3.63, 3.8) is 0 Å². The molecule has 2 saturated heterocycles. The highest BCUT2D eigenvalue weighted by Gasteiger charge is 2.37. The summed E-state index contributed by atoms with van der Waals surface area (Å²) in [6.45, 7) is 1.76. The van der Waals surface area contributed by atoms with E-state index >= 15 is 0 Å². The first-order chi connectivity index (χ1) is 12.8. The molecule has 2 aliphatic heterocycles. The zero-order chi connectivity index (χ0) is 17.5. The highest BCUT2D eigenvalue weighted by Crippen LogP contribution is 2.32. The summed E-state index contributed by atoms with van der Waals surface area (Å²) in [6.07, 6.45) is 1.59. The zero-order valence-electron chi connectivity index (χ0n) is 14.4. The van der Waals surface area contributed by atoms with Crippen molar-refractivity contribution in [1.29, 1.82) is 0 Å². The molecule has 0 radical (unpaired) electrons. The van der Waals surface area contributed by atoms with Crippen LogP contribution in [0.2, 0.25) is 0 Å². The summed E-state index contributed by atoms with van der Waals surface area (Å²) in [5, 5.41) is 4.18. The van der Waals surface area contributed by atoms with Gasteiger partial charge in [-0.2, -0.15) is 0 Å². The van der Waals surface area contributed by atoms with Crippen LogP contribution >= 0.6 is 0 Å². The molecule has 2 aromatic carbocycles. The number of nitrogens with zero attached hydrogens (tertiary/aromatic N) is 3. The molecule has 0 aliphatic carbocycles. The van der Waals surface area contributed by atoms with Crippen LogP contribution in [0.1, 0.15) is 12.8 Å². The molecule has 3 heterocycles. The average molecular weight is 344 g/mol. The van der Waals surface area contributed by atoms with E-state index in [1.165, 1.54) is 0 Å². The molecule has 2 aliphatic rings. The number of rotatable bonds is 2. The smallest absolute Gasteiger partial charge is 0.220 e. The van der Waals surface area contributed by atoms with Gasteiger partial charge in [-0.15, -0.1) is 0 Å². The number of carbonyl (C=O) groups excluding carboxylic acids is 1. The van der Waals surface area contributed by atoms with Crippen LogP contribution in [0.15, 0.2) is 54.6 Å². The van der Waals surface area contributed by atoms with Crippen molar-refractivity contribution in [3.05, 3.63) is 54.6 Å². The second-order valence-corrected chi connectivity index (χ2v) is 7.13. The van der Waals surface area contributed by atoms with Crippen molar-refractivity contribution in [1.82, 2.24) is 15.3 Å². The second kappa shape index (κ2) is 6.09. The number of nitrogens with one attached hydrogen (secondary N) is 1. The third kappa shape index (κ3) is 2.60. The zero-order valence-corrected chi connectivity index (χ0v) is 14.4. The number of piperidine rings is 1. The molecule has 0 saturated carbocycles. The minimum atomic E-state index is 0.180. The fourth-order valence-corrected chi connectivity index (χ4v) is 4.14. The number of carbonyl (C=O) groups is 1. The lowest BCUT2D eigenvalue weighted by Crippen LogP contribution is -2.45. The minimum absolute atomic E-state index is 0.180. The van der Waals surface area contributed by atoms with Gasteiger partial charge in [0.25, 0.3) is 0 Å². The maximum atomic E-state index is 11.7. The van der Waals surface area contributed by atoms with Crippen molar-refractivity contribution >= 4 is 22.6 Å². The van der Waals surface area contributed by atoms with Crippen molar-refractivity contribution in [3.8, 4) is 11.4 Å². The SMILES string of the molecule is O=C1C[C@@H]2CN(c3nc(-c4ccccc4)nc4ccccc34)CC[C@@H]2N1. The number of hydrogen-bond acceptors (Lipinski definition) is 4. The van der Waals surface area contributed by atoms with E-state index in [-0.39, 0.29) is 5.91 Å². The van der Waals surface area contributed by atoms with Gasteiger partial charge >= 0.3 is 0 Å². The van der Waals surface area contributed by atoms with Crippen LogP contribution in [0.3, 0.4) is 0 Å². The van der Waals surface area contributed by atoms with Crippen LogP contribution < -0.4 is 10.2 Å². The van der Waals surface area contributed by atoms with Crippen LogP contribution in [0.5, 0.6) is 0 Å². The van der Waals surface area contributed by atoms with Crippen LogP contribution in [-0.2, 0) is 4.79 Å². The largest absolute Gasteiger partial charge is 0.356 e. The summed E-state index contributed by atoms with van der Waals surface area (Å²) < 4.78 is 0. The van der Waals surface area contributed by atoms with E-state index in [4.69, 9.17) is 9.97 Å². The maximum Gasteiger partial charge on any atom is 0.220 e. The van der Waals surface area contributed by atoms with Gasteiger partial charge in [-0.3, -0.25) is 4.79 Å². The van der Waals surface area contributed by atoms with E-state index < -0.39 is 0 Å². The number of hydrogen-bond donors (Lipinski definition) is 1. The molecule has 130 valence electrons. The lowest BCUT2D eigenvalue weighted by Gasteiger charge is -2.35. The first-order valence-corrected chi connectivity index (χ1v) is 9.14. The number of benzene rings is 2. The Labute approximate surface area is 152 Å². The maximum absolute atomic E-state index is 11.7. The topological polar surface area (TPSA) is 58.1 Å². The van der Waals surface area contributed by atoms with Crippen LogP contribution in [0.4, 0.5) is 5.82 Å². The molecule has 0 spiro atoms. The molecule has 1 N–H and O–H groups in total. The number of para-hydroxylation sites is 1. The van der Waals surface area contributed by atoms with E-state index in [2.05, 4.69) is 16.3 Å². The summed E-state index contributed by atoms with van der Waals surface area (Å²) in [5.41, 5.74) is 1.98. The fourth-order valence-electron chi connectivity index (χ4n) is 4.14. The van der Waals surface area contributed by atoms with Crippen LogP contribution in [0, 0.1) is 5.92 Å². The van der Waals surface area contributed by atoms with Crippen molar-refractivity contribution in [2.24, 2.45) is 5.92 Å². The lowest BCUT2D eigenvalue weighted by molar-refractivity contribution is -0.119. The van der Waals surface area contributed by atoms with Crippen molar-refractivity contribution < 1.29 is 4.79 Å². The normalized spacial score (nSPS) is 22.3. The highest BCUT2D eigenvalue weighted by molar-refractivity contribution is 5.91. The molecule has 1 aromatic heterocycles. The number of aromatic nitrogens is 2. The van der Waals surface area contributed by atoms with E-state index in [1.807, 2.05) is 48.5 Å². The van der Waals surface area contributed by atoms with Gasteiger partial charge in [-0.05, 0) is 18.6 Å². The second-order valence-electron chi connectivity index (χ2n) is 7.13. The molecule has 2 fully saturated rings.